The Morgan fingerprint density at radius 2 is 1.88 bits per heavy atom. The maximum Gasteiger partial charge on any atom is 0.293 e. The molecule has 1 aliphatic heterocycles. The number of anilines is 2. The molecule has 3 heterocycles. The molecule has 1 N–H and O–H groups in total. The molecule has 0 saturated carbocycles. The van der Waals surface area contributed by atoms with Crippen LogP contribution >= 0.6 is 11.3 Å². The van der Waals surface area contributed by atoms with Gasteiger partial charge < -0.3 is 10.2 Å². The Bertz CT molecular complexity index is 1360. The second-order valence-electron chi connectivity index (χ2n) is 8.11. The van der Waals surface area contributed by atoms with E-state index in [-0.39, 0.29) is 11.3 Å². The summed E-state index contributed by atoms with van der Waals surface area (Å²) in [6, 6.07) is 12.0. The largest absolute Gasteiger partial charge is 0.366 e. The maximum absolute atomic E-state index is 12.8. The smallest absolute Gasteiger partial charge is 0.293 e. The number of nitrogens with zero attached hydrogens (tertiary/aromatic N) is 6. The van der Waals surface area contributed by atoms with E-state index in [1.165, 1.54) is 17.4 Å². The minimum Gasteiger partial charge on any atom is -0.366 e. The third kappa shape index (κ3) is 4.21. The number of nitrogens with one attached hydrogen (secondary N) is 1. The topological polar surface area (TPSA) is 119 Å². The fraction of sp³-hybridized carbons (Fsp3) is 0.304. The molecule has 0 unspecified atom stereocenters. The quantitative estimate of drug-likeness (QED) is 0.319. The predicted octanol–water partition coefficient (Wildman–Crippen LogP) is 4.57. The number of rotatable bonds is 6. The van der Waals surface area contributed by atoms with Gasteiger partial charge in [-0.2, -0.15) is 9.61 Å². The van der Waals surface area contributed by atoms with E-state index >= 15 is 0 Å². The van der Waals surface area contributed by atoms with E-state index in [1.54, 1.807) is 28.8 Å². The molecule has 10 nitrogen and oxygen atoms in total. The Hall–Kier alpha value is -3.86. The van der Waals surface area contributed by atoms with Crippen LogP contribution in [0.2, 0.25) is 0 Å². The van der Waals surface area contributed by atoms with E-state index in [1.807, 2.05) is 24.0 Å². The first-order chi connectivity index (χ1) is 16.5. The molecule has 0 bridgehead atoms. The van der Waals surface area contributed by atoms with Crippen molar-refractivity contribution in [3.8, 4) is 10.6 Å². The number of carbonyl (C=O) groups is 1. The molecule has 1 aliphatic rings. The van der Waals surface area contributed by atoms with Gasteiger partial charge in [-0.25, -0.2) is 0 Å². The van der Waals surface area contributed by atoms with Crippen molar-refractivity contribution < 1.29 is 9.72 Å². The Labute approximate surface area is 199 Å². The summed E-state index contributed by atoms with van der Waals surface area (Å²) in [7, 11) is 0. The number of nitro benzene ring substituents is 1. The molecular formula is C23H23N7O3S. The molecule has 0 radical (unpaired) electrons. The van der Waals surface area contributed by atoms with Crippen molar-refractivity contribution in [3.05, 3.63) is 64.0 Å². The molecule has 2 aromatic carbocycles. The van der Waals surface area contributed by atoms with Crippen LogP contribution in [0.15, 0.2) is 42.5 Å². The SMILES string of the molecule is CCc1nnc2sc(-c3ccc(NC(=O)c4ccc(N5CCCCC5)c([N+](=O)[O-])c4)cc3)nn12. The van der Waals surface area contributed by atoms with Crippen LogP contribution in [-0.2, 0) is 6.42 Å². The Kier molecular flexibility index (Phi) is 5.93. The van der Waals surface area contributed by atoms with Crippen molar-refractivity contribution in [1.82, 2.24) is 19.8 Å². The summed E-state index contributed by atoms with van der Waals surface area (Å²) < 4.78 is 1.75. The molecule has 1 amide bonds. The monoisotopic (exact) mass is 477 g/mol. The number of carbonyl (C=O) groups excluding carboxylic acids is 1. The van der Waals surface area contributed by atoms with E-state index < -0.39 is 10.8 Å². The van der Waals surface area contributed by atoms with Gasteiger partial charge >= 0.3 is 0 Å². The number of nitro groups is 1. The van der Waals surface area contributed by atoms with E-state index in [4.69, 9.17) is 0 Å². The van der Waals surface area contributed by atoms with Gasteiger partial charge in [0.15, 0.2) is 5.82 Å². The molecule has 174 valence electrons. The van der Waals surface area contributed by atoms with Crippen LogP contribution in [0.25, 0.3) is 15.5 Å². The van der Waals surface area contributed by atoms with Gasteiger partial charge in [-0.05, 0) is 55.7 Å². The summed E-state index contributed by atoms with van der Waals surface area (Å²) in [6.45, 7) is 3.59. The second kappa shape index (κ2) is 9.18. The van der Waals surface area contributed by atoms with E-state index in [0.717, 1.165) is 60.1 Å². The molecule has 4 aromatic rings. The lowest BCUT2D eigenvalue weighted by Gasteiger charge is -2.28. The van der Waals surface area contributed by atoms with E-state index in [2.05, 4.69) is 20.6 Å². The lowest BCUT2D eigenvalue weighted by molar-refractivity contribution is -0.384. The minimum absolute atomic E-state index is 0.0420. The van der Waals surface area contributed by atoms with Crippen LogP contribution in [0.4, 0.5) is 17.1 Å². The fourth-order valence-corrected chi connectivity index (χ4v) is 4.97. The molecule has 2 aromatic heterocycles. The zero-order chi connectivity index (χ0) is 23.7. The highest BCUT2D eigenvalue weighted by molar-refractivity contribution is 7.19. The minimum atomic E-state index is -0.417. The summed E-state index contributed by atoms with van der Waals surface area (Å²) in [6.07, 6.45) is 3.91. The predicted molar refractivity (Wildman–Crippen MR) is 131 cm³/mol. The molecule has 5 rings (SSSR count). The lowest BCUT2D eigenvalue weighted by atomic mass is 10.1. The second-order valence-corrected chi connectivity index (χ2v) is 9.07. The summed E-state index contributed by atoms with van der Waals surface area (Å²) in [5.74, 6) is 0.411. The molecule has 1 fully saturated rings. The maximum atomic E-state index is 12.8. The molecule has 0 aliphatic carbocycles. The van der Waals surface area contributed by atoms with Crippen molar-refractivity contribution in [2.45, 2.75) is 32.6 Å². The van der Waals surface area contributed by atoms with Gasteiger partial charge in [0.2, 0.25) is 4.96 Å². The van der Waals surface area contributed by atoms with Gasteiger partial charge in [-0.3, -0.25) is 14.9 Å². The van der Waals surface area contributed by atoms with Crippen LogP contribution in [0.1, 0.15) is 42.4 Å². The zero-order valence-electron chi connectivity index (χ0n) is 18.6. The summed E-state index contributed by atoms with van der Waals surface area (Å²) >= 11 is 1.44. The Morgan fingerprint density at radius 1 is 1.12 bits per heavy atom. The number of fused-ring (bicyclic) bond motifs is 1. The van der Waals surface area contributed by atoms with Crippen LogP contribution in [-0.4, -0.2) is 43.7 Å². The average Bonchev–Trinajstić information content (AvgIpc) is 3.45. The molecular weight excluding hydrogens is 454 g/mol. The van der Waals surface area contributed by atoms with Crippen molar-refractivity contribution in [2.24, 2.45) is 0 Å². The van der Waals surface area contributed by atoms with Crippen LogP contribution in [0.3, 0.4) is 0 Å². The molecule has 1 saturated heterocycles. The van der Waals surface area contributed by atoms with Gasteiger partial charge in [0, 0.05) is 42.4 Å². The van der Waals surface area contributed by atoms with Gasteiger partial charge in [-0.1, -0.05) is 18.3 Å². The third-order valence-electron chi connectivity index (χ3n) is 5.89. The van der Waals surface area contributed by atoms with Gasteiger partial charge in [-0.15, -0.1) is 10.2 Å². The molecule has 0 atom stereocenters. The van der Waals surface area contributed by atoms with Crippen molar-refractivity contribution in [2.75, 3.05) is 23.3 Å². The van der Waals surface area contributed by atoms with Crippen molar-refractivity contribution in [3.63, 3.8) is 0 Å². The van der Waals surface area contributed by atoms with Crippen LogP contribution in [0, 0.1) is 10.1 Å². The number of hydrogen-bond donors (Lipinski definition) is 1. The average molecular weight is 478 g/mol. The highest BCUT2D eigenvalue weighted by Crippen LogP contribution is 2.32. The Balaban J connectivity index is 1.33. The first-order valence-corrected chi connectivity index (χ1v) is 12.0. The fourth-order valence-electron chi connectivity index (χ4n) is 4.11. The first-order valence-electron chi connectivity index (χ1n) is 11.2. The highest BCUT2D eigenvalue weighted by Gasteiger charge is 2.23. The van der Waals surface area contributed by atoms with Gasteiger partial charge in [0.25, 0.3) is 11.6 Å². The summed E-state index contributed by atoms with van der Waals surface area (Å²) in [5.41, 5.74) is 2.27. The van der Waals surface area contributed by atoms with Crippen LogP contribution < -0.4 is 10.2 Å². The number of amides is 1. The van der Waals surface area contributed by atoms with Gasteiger partial charge in [0.1, 0.15) is 10.7 Å². The highest BCUT2D eigenvalue weighted by atomic mass is 32.1. The number of hydrogen-bond acceptors (Lipinski definition) is 8. The van der Waals surface area contributed by atoms with Gasteiger partial charge in [0.05, 0.1) is 4.92 Å². The summed E-state index contributed by atoms with van der Waals surface area (Å²) in [5, 5.41) is 28.1. The molecule has 0 spiro atoms. The first kappa shape index (κ1) is 22.0. The lowest BCUT2D eigenvalue weighted by Crippen LogP contribution is -2.30. The van der Waals surface area contributed by atoms with Crippen molar-refractivity contribution >= 4 is 39.3 Å². The summed E-state index contributed by atoms with van der Waals surface area (Å²) in [4.78, 5) is 26.8. The van der Waals surface area contributed by atoms with Crippen molar-refractivity contribution in [1.29, 1.82) is 0 Å². The number of aromatic nitrogens is 4. The third-order valence-corrected chi connectivity index (χ3v) is 6.84. The zero-order valence-corrected chi connectivity index (χ0v) is 19.4. The van der Waals surface area contributed by atoms with E-state index in [0.29, 0.717) is 11.4 Å². The molecule has 11 heteroatoms. The van der Waals surface area contributed by atoms with E-state index in [9.17, 15) is 14.9 Å². The number of aryl methyl sites for hydroxylation is 1. The number of benzene rings is 2. The normalized spacial score (nSPS) is 13.9. The Morgan fingerprint density at radius 3 is 2.59 bits per heavy atom. The number of piperidine rings is 1. The molecule has 34 heavy (non-hydrogen) atoms. The standard InChI is InChI=1S/C23H23N7O3S/c1-2-20-25-26-23-29(20)27-22(34-23)15-6-9-17(10-7-15)24-21(31)16-8-11-18(19(14-16)30(32)33)28-12-4-3-5-13-28/h6-11,14H,2-5,12-13H2,1H3,(H,24,31). The van der Waals surface area contributed by atoms with Crippen LogP contribution in [0.5, 0.6) is 0 Å².